The van der Waals surface area contributed by atoms with Gasteiger partial charge in [0.05, 0.1) is 11.4 Å². The molecule has 0 spiro atoms. The topological polar surface area (TPSA) is 63.1 Å². The van der Waals surface area contributed by atoms with Crippen LogP contribution in [0.15, 0.2) is 22.7 Å². The molecule has 1 N–H and O–H groups in total. The maximum atomic E-state index is 11.1. The van der Waals surface area contributed by atoms with E-state index in [0.29, 0.717) is 17.2 Å². The third-order valence-electron chi connectivity index (χ3n) is 2.91. The molecule has 1 heterocycles. The highest BCUT2D eigenvalue weighted by molar-refractivity contribution is 9.10. The zero-order valence-electron chi connectivity index (χ0n) is 10.9. The molecule has 0 atom stereocenters. The first-order valence-electron chi connectivity index (χ1n) is 5.75. The molecule has 19 heavy (non-hydrogen) atoms. The summed E-state index contributed by atoms with van der Waals surface area (Å²) < 4.78 is 0.990. The van der Waals surface area contributed by atoms with Gasteiger partial charge in [0.15, 0.2) is 5.82 Å². The summed E-state index contributed by atoms with van der Waals surface area (Å²) in [6, 6.07) is 5.82. The molecule has 98 valence electrons. The number of hydrogen-bond donors (Lipinski definition) is 1. The van der Waals surface area contributed by atoms with Crippen molar-refractivity contribution in [2.24, 2.45) is 0 Å². The van der Waals surface area contributed by atoms with E-state index in [-0.39, 0.29) is 5.56 Å². The molecule has 0 aliphatic heterocycles. The van der Waals surface area contributed by atoms with Gasteiger partial charge in [-0.25, -0.2) is 14.8 Å². The van der Waals surface area contributed by atoms with Crippen LogP contribution in [-0.2, 0) is 0 Å². The predicted molar refractivity (Wildman–Crippen MR) is 76.3 cm³/mol. The van der Waals surface area contributed by atoms with E-state index in [9.17, 15) is 4.79 Å². The Balaban J connectivity index is 2.61. The van der Waals surface area contributed by atoms with Crippen molar-refractivity contribution in [3.05, 3.63) is 45.2 Å². The van der Waals surface area contributed by atoms with Crippen molar-refractivity contribution in [2.45, 2.75) is 20.8 Å². The highest BCUT2D eigenvalue weighted by atomic mass is 79.9. The second kappa shape index (κ2) is 5.09. The molecule has 4 nitrogen and oxygen atoms in total. The molecule has 1 aromatic carbocycles. The van der Waals surface area contributed by atoms with Crippen LogP contribution in [0.3, 0.4) is 0 Å². The van der Waals surface area contributed by atoms with E-state index >= 15 is 0 Å². The fourth-order valence-electron chi connectivity index (χ4n) is 2.02. The van der Waals surface area contributed by atoms with Crippen molar-refractivity contribution in [1.29, 1.82) is 0 Å². The summed E-state index contributed by atoms with van der Waals surface area (Å²) in [6.45, 7) is 5.35. The number of halogens is 1. The molecule has 0 aliphatic rings. The Hall–Kier alpha value is -1.75. The molecular formula is C14H13BrN2O2. The number of aromatic nitrogens is 2. The molecule has 0 saturated carbocycles. The van der Waals surface area contributed by atoms with Crippen molar-refractivity contribution in [2.75, 3.05) is 0 Å². The number of carboxylic acid groups (broad SMARTS) is 1. The van der Waals surface area contributed by atoms with Crippen molar-refractivity contribution in [1.82, 2.24) is 9.97 Å². The monoisotopic (exact) mass is 320 g/mol. The smallest absolute Gasteiger partial charge is 0.339 e. The lowest BCUT2D eigenvalue weighted by Gasteiger charge is -2.09. The quantitative estimate of drug-likeness (QED) is 0.919. The van der Waals surface area contributed by atoms with Gasteiger partial charge in [0.2, 0.25) is 0 Å². The van der Waals surface area contributed by atoms with E-state index in [2.05, 4.69) is 25.9 Å². The Morgan fingerprint density at radius 2 is 1.74 bits per heavy atom. The summed E-state index contributed by atoms with van der Waals surface area (Å²) >= 11 is 3.41. The van der Waals surface area contributed by atoms with Crippen LogP contribution in [0, 0.1) is 20.8 Å². The number of hydrogen-bond acceptors (Lipinski definition) is 3. The lowest BCUT2D eigenvalue weighted by atomic mass is 10.1. The molecule has 0 aliphatic carbocycles. The van der Waals surface area contributed by atoms with Crippen LogP contribution in [0.2, 0.25) is 0 Å². The summed E-state index contributed by atoms with van der Waals surface area (Å²) in [6.07, 6.45) is 0. The van der Waals surface area contributed by atoms with Crippen LogP contribution < -0.4 is 0 Å². The number of rotatable bonds is 2. The predicted octanol–water partition coefficient (Wildman–Crippen LogP) is 3.53. The molecule has 0 amide bonds. The van der Waals surface area contributed by atoms with Crippen molar-refractivity contribution >= 4 is 21.9 Å². The van der Waals surface area contributed by atoms with E-state index in [1.54, 1.807) is 13.8 Å². The van der Waals surface area contributed by atoms with Gasteiger partial charge in [-0.2, -0.15) is 0 Å². The van der Waals surface area contributed by atoms with Crippen LogP contribution in [0.1, 0.15) is 27.3 Å². The number of nitrogens with zero attached hydrogens (tertiary/aromatic N) is 2. The first-order valence-corrected chi connectivity index (χ1v) is 6.54. The van der Waals surface area contributed by atoms with Gasteiger partial charge in [-0.1, -0.05) is 15.9 Å². The lowest BCUT2D eigenvalue weighted by Crippen LogP contribution is -2.08. The fourth-order valence-corrected chi connectivity index (χ4v) is 2.50. The molecular weight excluding hydrogens is 308 g/mol. The van der Waals surface area contributed by atoms with Gasteiger partial charge < -0.3 is 5.11 Å². The molecule has 2 aromatic rings. The number of carboxylic acids is 1. The van der Waals surface area contributed by atoms with Crippen molar-refractivity contribution in [3.63, 3.8) is 0 Å². The highest BCUT2D eigenvalue weighted by Gasteiger charge is 2.16. The Kier molecular flexibility index (Phi) is 3.66. The Bertz CT molecular complexity index is 645. The summed E-state index contributed by atoms with van der Waals surface area (Å²) in [7, 11) is 0. The van der Waals surface area contributed by atoms with Crippen LogP contribution in [0.4, 0.5) is 0 Å². The molecule has 0 saturated heterocycles. The van der Waals surface area contributed by atoms with Gasteiger partial charge in [-0.3, -0.25) is 0 Å². The first-order chi connectivity index (χ1) is 8.90. The highest BCUT2D eigenvalue weighted by Crippen LogP contribution is 2.25. The largest absolute Gasteiger partial charge is 0.478 e. The molecule has 2 rings (SSSR count). The molecule has 0 unspecified atom stereocenters. The molecule has 5 heteroatoms. The third-order valence-corrected chi connectivity index (χ3v) is 3.41. The minimum Gasteiger partial charge on any atom is -0.478 e. The summed E-state index contributed by atoms with van der Waals surface area (Å²) in [5, 5.41) is 9.11. The van der Waals surface area contributed by atoms with Gasteiger partial charge in [-0.15, -0.1) is 0 Å². The SMILES string of the molecule is Cc1cc(Br)ccc1-c1nc(C)c(C(=O)O)c(C)n1. The average Bonchev–Trinajstić information content (AvgIpc) is 2.26. The fraction of sp³-hybridized carbons (Fsp3) is 0.214. The van der Waals surface area contributed by atoms with Gasteiger partial charge >= 0.3 is 5.97 Å². The van der Waals surface area contributed by atoms with Crippen LogP contribution in [0.5, 0.6) is 0 Å². The lowest BCUT2D eigenvalue weighted by molar-refractivity contribution is 0.0694. The molecule has 1 aromatic heterocycles. The second-order valence-corrected chi connectivity index (χ2v) is 5.27. The summed E-state index contributed by atoms with van der Waals surface area (Å²) in [5.41, 5.74) is 3.09. The Morgan fingerprint density at radius 3 is 2.21 bits per heavy atom. The number of benzene rings is 1. The van der Waals surface area contributed by atoms with E-state index in [0.717, 1.165) is 15.6 Å². The molecule has 0 radical (unpaired) electrons. The Morgan fingerprint density at radius 1 is 1.16 bits per heavy atom. The van der Waals surface area contributed by atoms with Crippen LogP contribution in [0.25, 0.3) is 11.4 Å². The maximum absolute atomic E-state index is 11.1. The van der Waals surface area contributed by atoms with E-state index in [4.69, 9.17) is 5.11 Å². The normalized spacial score (nSPS) is 10.5. The number of aryl methyl sites for hydroxylation is 3. The van der Waals surface area contributed by atoms with Crippen molar-refractivity contribution < 1.29 is 9.90 Å². The number of aromatic carboxylic acids is 1. The zero-order chi connectivity index (χ0) is 14.2. The van der Waals surface area contributed by atoms with Crippen LogP contribution in [-0.4, -0.2) is 21.0 Å². The zero-order valence-corrected chi connectivity index (χ0v) is 12.4. The minimum atomic E-state index is -0.992. The molecule has 0 fully saturated rings. The standard InChI is InChI=1S/C14H13BrN2O2/c1-7-6-10(15)4-5-11(7)13-16-8(2)12(14(18)19)9(3)17-13/h4-6H,1-3H3,(H,18,19). The van der Waals surface area contributed by atoms with Crippen molar-refractivity contribution in [3.8, 4) is 11.4 Å². The van der Waals surface area contributed by atoms with Gasteiger partial charge in [0, 0.05) is 10.0 Å². The minimum absolute atomic E-state index is 0.179. The van der Waals surface area contributed by atoms with E-state index in [1.165, 1.54) is 0 Å². The molecule has 0 bridgehead atoms. The van der Waals surface area contributed by atoms with Crippen LogP contribution >= 0.6 is 15.9 Å². The number of carbonyl (C=O) groups is 1. The van der Waals surface area contributed by atoms with E-state index in [1.807, 2.05) is 25.1 Å². The van der Waals surface area contributed by atoms with Gasteiger partial charge in [0.25, 0.3) is 0 Å². The summed E-state index contributed by atoms with van der Waals surface area (Å²) in [4.78, 5) is 19.7. The van der Waals surface area contributed by atoms with Gasteiger partial charge in [0.1, 0.15) is 5.56 Å². The summed E-state index contributed by atoms with van der Waals surface area (Å²) in [5.74, 6) is -0.431. The Labute approximate surface area is 119 Å². The average molecular weight is 321 g/mol. The first kappa shape index (κ1) is 13.7. The van der Waals surface area contributed by atoms with Gasteiger partial charge in [-0.05, 0) is 44.5 Å². The third kappa shape index (κ3) is 2.66. The second-order valence-electron chi connectivity index (χ2n) is 4.36. The maximum Gasteiger partial charge on any atom is 0.339 e. The van der Waals surface area contributed by atoms with E-state index < -0.39 is 5.97 Å².